The van der Waals surface area contributed by atoms with Crippen LogP contribution in [0.25, 0.3) is 0 Å². The third kappa shape index (κ3) is 7.17. The first-order valence-corrected chi connectivity index (χ1v) is 10.3. The molecule has 1 aromatic rings. The Morgan fingerprint density at radius 2 is 2.04 bits per heavy atom. The summed E-state index contributed by atoms with van der Waals surface area (Å²) in [5.41, 5.74) is 1.42. The molecule has 0 radical (unpaired) electrons. The smallest absolute Gasteiger partial charge is 0.191 e. The summed E-state index contributed by atoms with van der Waals surface area (Å²) in [6.45, 7) is 7.13. The van der Waals surface area contributed by atoms with Crippen molar-refractivity contribution in [2.75, 3.05) is 60.0 Å². The van der Waals surface area contributed by atoms with E-state index in [4.69, 9.17) is 4.74 Å². The quantitative estimate of drug-likeness (QED) is 0.260. The van der Waals surface area contributed by atoms with Gasteiger partial charge in [-0.2, -0.15) is 0 Å². The van der Waals surface area contributed by atoms with Crippen LogP contribution < -0.4 is 10.6 Å². The number of nitrogens with zero attached hydrogens (tertiary/aromatic N) is 3. The van der Waals surface area contributed by atoms with E-state index in [0.717, 1.165) is 64.7 Å². The second kappa shape index (κ2) is 12.6. The van der Waals surface area contributed by atoms with Gasteiger partial charge in [0.15, 0.2) is 5.96 Å². The molecule has 2 aliphatic rings. The van der Waals surface area contributed by atoms with Gasteiger partial charge in [0.2, 0.25) is 0 Å². The number of benzene rings is 1. The van der Waals surface area contributed by atoms with Crippen molar-refractivity contribution in [3.63, 3.8) is 0 Å². The molecule has 6 nitrogen and oxygen atoms in total. The molecule has 2 fully saturated rings. The molecule has 2 heterocycles. The minimum atomic E-state index is 0. The molecule has 3 rings (SSSR count). The first kappa shape index (κ1) is 23.4. The fourth-order valence-corrected chi connectivity index (χ4v) is 3.94. The minimum Gasteiger partial charge on any atom is -0.376 e. The number of halogens is 1. The van der Waals surface area contributed by atoms with Gasteiger partial charge in [0.25, 0.3) is 0 Å². The topological polar surface area (TPSA) is 52.1 Å². The largest absolute Gasteiger partial charge is 0.376 e. The van der Waals surface area contributed by atoms with Gasteiger partial charge in [0, 0.05) is 59.0 Å². The average Bonchev–Trinajstić information content (AvgIpc) is 3.22. The third-order valence-corrected chi connectivity index (χ3v) is 5.54. The van der Waals surface area contributed by atoms with E-state index in [1.165, 1.54) is 12.0 Å². The van der Waals surface area contributed by atoms with Gasteiger partial charge < -0.3 is 20.3 Å². The molecule has 0 amide bonds. The number of likely N-dealkylation sites (N-methyl/N-ethyl adjacent to an activating group) is 1. The fraction of sp³-hybridized carbons (Fsp3) is 0.667. The predicted molar refractivity (Wildman–Crippen MR) is 127 cm³/mol. The van der Waals surface area contributed by atoms with Crippen LogP contribution >= 0.6 is 24.0 Å². The summed E-state index contributed by atoms with van der Waals surface area (Å²) in [7, 11) is 4.05. The fourth-order valence-electron chi connectivity index (χ4n) is 3.94. The monoisotopic (exact) mass is 501 g/mol. The van der Waals surface area contributed by atoms with Gasteiger partial charge in [-0.3, -0.25) is 9.89 Å². The van der Waals surface area contributed by atoms with Gasteiger partial charge in [0.05, 0.1) is 6.10 Å². The van der Waals surface area contributed by atoms with Gasteiger partial charge in [-0.05, 0) is 31.9 Å². The summed E-state index contributed by atoms with van der Waals surface area (Å²) < 4.78 is 5.66. The van der Waals surface area contributed by atoms with Crippen molar-refractivity contribution in [2.45, 2.75) is 31.4 Å². The van der Waals surface area contributed by atoms with Gasteiger partial charge in [-0.25, -0.2) is 0 Å². The molecule has 7 heteroatoms. The Bertz CT molecular complexity index is 579. The summed E-state index contributed by atoms with van der Waals surface area (Å²) in [5, 5.41) is 6.83. The van der Waals surface area contributed by atoms with Crippen molar-refractivity contribution in [1.82, 2.24) is 20.4 Å². The van der Waals surface area contributed by atoms with Gasteiger partial charge >= 0.3 is 0 Å². The Labute approximate surface area is 187 Å². The summed E-state index contributed by atoms with van der Waals surface area (Å²) in [4.78, 5) is 9.38. The number of piperazine rings is 1. The standard InChI is InChI=1S/C21H35N5O.HI/c1-22-21(24-16-19-10-6-15-27-19)23-11-7-12-26-14-13-25(2)17-20(26)18-8-4-3-5-9-18;/h3-5,8-9,19-20H,6-7,10-17H2,1-2H3,(H2,22,23,24);1H. The highest BCUT2D eigenvalue weighted by atomic mass is 127. The lowest BCUT2D eigenvalue weighted by atomic mass is 10.0. The van der Waals surface area contributed by atoms with Crippen LogP contribution in [0.5, 0.6) is 0 Å². The molecule has 0 bridgehead atoms. The second-order valence-electron chi connectivity index (χ2n) is 7.59. The molecule has 2 saturated heterocycles. The summed E-state index contributed by atoms with van der Waals surface area (Å²) in [6, 6.07) is 11.4. The van der Waals surface area contributed by atoms with Gasteiger partial charge in [-0.1, -0.05) is 30.3 Å². The lowest BCUT2D eigenvalue weighted by Crippen LogP contribution is -2.47. The van der Waals surface area contributed by atoms with Gasteiger partial charge in [-0.15, -0.1) is 24.0 Å². The molecular formula is C21H36IN5O. The Morgan fingerprint density at radius 1 is 1.21 bits per heavy atom. The van der Waals surface area contributed by atoms with E-state index < -0.39 is 0 Å². The van der Waals surface area contributed by atoms with Crippen LogP contribution in [0.3, 0.4) is 0 Å². The first-order valence-electron chi connectivity index (χ1n) is 10.3. The van der Waals surface area contributed by atoms with E-state index in [1.807, 2.05) is 7.05 Å². The highest BCUT2D eigenvalue weighted by Gasteiger charge is 2.25. The Morgan fingerprint density at radius 3 is 2.75 bits per heavy atom. The van der Waals surface area contributed by atoms with E-state index in [-0.39, 0.29) is 24.0 Å². The molecule has 2 N–H and O–H groups in total. The number of aliphatic imine (C=N–C) groups is 1. The number of hydrogen-bond acceptors (Lipinski definition) is 4. The van der Waals surface area contributed by atoms with E-state index in [2.05, 4.69) is 62.8 Å². The third-order valence-electron chi connectivity index (χ3n) is 5.54. The summed E-state index contributed by atoms with van der Waals surface area (Å²) in [5.74, 6) is 0.878. The van der Waals surface area contributed by atoms with Crippen molar-refractivity contribution in [3.8, 4) is 0 Å². The molecule has 1 aromatic carbocycles. The zero-order valence-electron chi connectivity index (χ0n) is 17.3. The second-order valence-corrected chi connectivity index (χ2v) is 7.59. The number of guanidine groups is 1. The number of rotatable bonds is 7. The molecule has 2 atom stereocenters. The van der Waals surface area contributed by atoms with Crippen LogP contribution in [0.15, 0.2) is 35.3 Å². The van der Waals surface area contributed by atoms with Crippen LogP contribution in [0.4, 0.5) is 0 Å². The van der Waals surface area contributed by atoms with E-state index in [9.17, 15) is 0 Å². The van der Waals surface area contributed by atoms with Crippen LogP contribution in [0, 0.1) is 0 Å². The molecular weight excluding hydrogens is 465 g/mol. The van der Waals surface area contributed by atoms with E-state index >= 15 is 0 Å². The molecule has 0 aromatic heterocycles. The normalized spacial score (nSPS) is 24.0. The predicted octanol–water partition coefficient (Wildman–Crippen LogP) is 2.33. The van der Waals surface area contributed by atoms with E-state index in [0.29, 0.717) is 12.1 Å². The molecule has 0 saturated carbocycles. The van der Waals surface area contributed by atoms with Crippen LogP contribution in [0.1, 0.15) is 30.9 Å². The van der Waals surface area contributed by atoms with Crippen LogP contribution in [-0.4, -0.2) is 81.8 Å². The zero-order valence-corrected chi connectivity index (χ0v) is 19.6. The molecule has 2 aliphatic heterocycles. The lowest BCUT2D eigenvalue weighted by Gasteiger charge is -2.40. The highest BCUT2D eigenvalue weighted by Crippen LogP contribution is 2.24. The van der Waals surface area contributed by atoms with Crippen molar-refractivity contribution in [2.24, 2.45) is 4.99 Å². The van der Waals surface area contributed by atoms with Crippen molar-refractivity contribution < 1.29 is 4.74 Å². The number of ether oxygens (including phenoxy) is 1. The maximum absolute atomic E-state index is 5.66. The van der Waals surface area contributed by atoms with E-state index in [1.54, 1.807) is 0 Å². The summed E-state index contributed by atoms with van der Waals surface area (Å²) >= 11 is 0. The van der Waals surface area contributed by atoms with Crippen molar-refractivity contribution in [3.05, 3.63) is 35.9 Å². The lowest BCUT2D eigenvalue weighted by molar-refractivity contribution is 0.0891. The molecule has 28 heavy (non-hydrogen) atoms. The van der Waals surface area contributed by atoms with Crippen LogP contribution in [0.2, 0.25) is 0 Å². The van der Waals surface area contributed by atoms with Crippen molar-refractivity contribution in [1.29, 1.82) is 0 Å². The Kier molecular flexibility index (Phi) is 10.5. The maximum Gasteiger partial charge on any atom is 0.191 e. The number of nitrogens with one attached hydrogen (secondary N) is 2. The van der Waals surface area contributed by atoms with Gasteiger partial charge in [0.1, 0.15) is 0 Å². The zero-order chi connectivity index (χ0) is 18.9. The SMILES string of the molecule is CN=C(NCCCN1CCN(C)CC1c1ccccc1)NCC1CCCO1.I. The molecule has 2 unspecified atom stereocenters. The summed E-state index contributed by atoms with van der Waals surface area (Å²) in [6.07, 6.45) is 3.76. The Balaban J connectivity index is 0.00000280. The maximum atomic E-state index is 5.66. The minimum absolute atomic E-state index is 0. The van der Waals surface area contributed by atoms with Crippen molar-refractivity contribution >= 4 is 29.9 Å². The Hall–Kier alpha value is -0.900. The molecule has 0 spiro atoms. The van der Waals surface area contributed by atoms with Crippen LogP contribution in [-0.2, 0) is 4.74 Å². The highest BCUT2D eigenvalue weighted by molar-refractivity contribution is 14.0. The average molecular weight is 501 g/mol. The molecule has 158 valence electrons. The number of hydrogen-bond donors (Lipinski definition) is 2. The molecule has 0 aliphatic carbocycles. The first-order chi connectivity index (χ1) is 13.3.